The first-order valence-corrected chi connectivity index (χ1v) is 7.31. The van der Waals surface area contributed by atoms with Crippen LogP contribution in [0.15, 0.2) is 18.2 Å². The molecule has 0 radical (unpaired) electrons. The van der Waals surface area contributed by atoms with E-state index < -0.39 is 9.84 Å². The lowest BCUT2D eigenvalue weighted by Crippen LogP contribution is -2.14. The number of hydrogen-bond donors (Lipinski definition) is 1. The van der Waals surface area contributed by atoms with Gasteiger partial charge < -0.3 is 5.73 Å². The molecule has 0 fully saturated rings. The fourth-order valence-electron chi connectivity index (χ4n) is 1.48. The van der Waals surface area contributed by atoms with Gasteiger partial charge in [-0.3, -0.25) is 4.98 Å². The summed E-state index contributed by atoms with van der Waals surface area (Å²) >= 11 is 0. The van der Waals surface area contributed by atoms with Crippen LogP contribution in [0.1, 0.15) is 30.3 Å². The normalized spacial score (nSPS) is 13.7. The minimum atomic E-state index is -2.89. The van der Waals surface area contributed by atoms with Gasteiger partial charge in [-0.1, -0.05) is 6.07 Å². The second-order valence-corrected chi connectivity index (χ2v) is 6.34. The third-order valence-corrected chi connectivity index (χ3v) is 3.35. The van der Waals surface area contributed by atoms with E-state index in [4.69, 9.17) is 5.73 Å². The molecule has 0 aromatic carbocycles. The first-order valence-electron chi connectivity index (χ1n) is 5.25. The monoisotopic (exact) mass is 242 g/mol. The molecular weight excluding hydrogens is 224 g/mol. The number of hydrogen-bond acceptors (Lipinski definition) is 4. The lowest BCUT2D eigenvalue weighted by Gasteiger charge is -2.10. The molecule has 1 aromatic rings. The number of aromatic nitrogens is 1. The highest BCUT2D eigenvalue weighted by molar-refractivity contribution is 7.90. The van der Waals surface area contributed by atoms with Crippen molar-refractivity contribution in [2.45, 2.75) is 25.8 Å². The first-order chi connectivity index (χ1) is 7.38. The zero-order valence-corrected chi connectivity index (χ0v) is 10.5. The van der Waals surface area contributed by atoms with Crippen molar-refractivity contribution in [2.75, 3.05) is 12.0 Å². The van der Waals surface area contributed by atoms with Crippen LogP contribution < -0.4 is 5.73 Å². The molecule has 90 valence electrons. The summed E-state index contributed by atoms with van der Waals surface area (Å²) in [7, 11) is -2.89. The van der Waals surface area contributed by atoms with Crippen molar-refractivity contribution in [3.8, 4) is 0 Å². The minimum absolute atomic E-state index is 0.179. The Morgan fingerprint density at radius 1 is 1.44 bits per heavy atom. The standard InChI is InChI=1S/C11H18N2O2S/c1-9-5-3-7-11(13-9)10(12)6-4-8-16(2,14)15/h3,5,7,10H,4,6,8,12H2,1-2H3. The summed E-state index contributed by atoms with van der Waals surface area (Å²) in [4.78, 5) is 4.31. The molecule has 1 rings (SSSR count). The van der Waals surface area contributed by atoms with Crippen molar-refractivity contribution in [2.24, 2.45) is 5.73 Å². The topological polar surface area (TPSA) is 73.1 Å². The van der Waals surface area contributed by atoms with Crippen LogP contribution in [0.25, 0.3) is 0 Å². The van der Waals surface area contributed by atoms with Crippen LogP contribution in [-0.2, 0) is 9.84 Å². The van der Waals surface area contributed by atoms with Gasteiger partial charge in [-0.05, 0) is 31.9 Å². The van der Waals surface area contributed by atoms with Gasteiger partial charge in [0.25, 0.3) is 0 Å². The SMILES string of the molecule is Cc1cccc(C(N)CCCS(C)(=O)=O)n1. The zero-order valence-electron chi connectivity index (χ0n) is 9.68. The molecule has 2 N–H and O–H groups in total. The van der Waals surface area contributed by atoms with E-state index in [9.17, 15) is 8.42 Å². The Labute approximate surface area is 96.8 Å². The molecule has 1 unspecified atom stereocenters. The van der Waals surface area contributed by atoms with Crippen LogP contribution in [-0.4, -0.2) is 25.4 Å². The Balaban J connectivity index is 2.50. The average Bonchev–Trinajstić information content (AvgIpc) is 2.15. The van der Waals surface area contributed by atoms with E-state index in [1.807, 2.05) is 25.1 Å². The van der Waals surface area contributed by atoms with E-state index >= 15 is 0 Å². The van der Waals surface area contributed by atoms with Crippen LogP contribution >= 0.6 is 0 Å². The van der Waals surface area contributed by atoms with Gasteiger partial charge in [-0.15, -0.1) is 0 Å². The maximum Gasteiger partial charge on any atom is 0.147 e. The number of pyridine rings is 1. The van der Waals surface area contributed by atoms with Crippen molar-refractivity contribution in [1.82, 2.24) is 4.98 Å². The highest BCUT2D eigenvalue weighted by atomic mass is 32.2. The second-order valence-electron chi connectivity index (χ2n) is 4.08. The lowest BCUT2D eigenvalue weighted by atomic mass is 10.1. The van der Waals surface area contributed by atoms with Gasteiger partial charge >= 0.3 is 0 Å². The van der Waals surface area contributed by atoms with Crippen LogP contribution in [0.5, 0.6) is 0 Å². The molecule has 0 amide bonds. The van der Waals surface area contributed by atoms with Crippen LogP contribution in [0.3, 0.4) is 0 Å². The zero-order chi connectivity index (χ0) is 12.2. The Kier molecular flexibility index (Phi) is 4.44. The van der Waals surface area contributed by atoms with Crippen molar-refractivity contribution in [3.05, 3.63) is 29.6 Å². The third kappa shape index (κ3) is 4.72. The van der Waals surface area contributed by atoms with E-state index in [1.54, 1.807) is 0 Å². The second kappa shape index (κ2) is 5.41. The van der Waals surface area contributed by atoms with Crippen molar-refractivity contribution >= 4 is 9.84 Å². The molecule has 16 heavy (non-hydrogen) atoms. The number of nitrogens with zero attached hydrogens (tertiary/aromatic N) is 1. The van der Waals surface area contributed by atoms with Crippen molar-refractivity contribution in [1.29, 1.82) is 0 Å². The molecule has 0 bridgehead atoms. The Bertz CT molecular complexity index is 443. The predicted octanol–water partition coefficient (Wildman–Crippen LogP) is 1.21. The summed E-state index contributed by atoms with van der Waals surface area (Å²) in [5.74, 6) is 0.187. The first kappa shape index (κ1) is 13.1. The van der Waals surface area contributed by atoms with E-state index in [0.29, 0.717) is 12.8 Å². The summed E-state index contributed by atoms with van der Waals surface area (Å²) in [6.45, 7) is 1.91. The fourth-order valence-corrected chi connectivity index (χ4v) is 2.18. The molecule has 5 heteroatoms. The van der Waals surface area contributed by atoms with Gasteiger partial charge in [0.1, 0.15) is 9.84 Å². The quantitative estimate of drug-likeness (QED) is 0.842. The smallest absolute Gasteiger partial charge is 0.147 e. The van der Waals surface area contributed by atoms with Crippen LogP contribution in [0.4, 0.5) is 0 Å². The van der Waals surface area contributed by atoms with Gasteiger partial charge in [0, 0.05) is 23.7 Å². The van der Waals surface area contributed by atoms with Crippen molar-refractivity contribution in [3.63, 3.8) is 0 Å². The van der Waals surface area contributed by atoms with Crippen LogP contribution in [0.2, 0.25) is 0 Å². The summed E-state index contributed by atoms with van der Waals surface area (Å²) in [6.07, 6.45) is 2.46. The molecule has 0 aliphatic heterocycles. The largest absolute Gasteiger partial charge is 0.323 e. The summed E-state index contributed by atoms with van der Waals surface area (Å²) in [5, 5.41) is 0. The highest BCUT2D eigenvalue weighted by Crippen LogP contribution is 2.14. The molecule has 0 aliphatic carbocycles. The average molecular weight is 242 g/mol. The Morgan fingerprint density at radius 3 is 2.69 bits per heavy atom. The number of rotatable bonds is 5. The molecule has 0 aliphatic rings. The van der Waals surface area contributed by atoms with E-state index in [2.05, 4.69) is 4.98 Å². The highest BCUT2D eigenvalue weighted by Gasteiger charge is 2.09. The third-order valence-electron chi connectivity index (χ3n) is 2.32. The molecule has 1 atom stereocenters. The number of nitrogens with two attached hydrogens (primary N) is 1. The maximum absolute atomic E-state index is 10.9. The predicted molar refractivity (Wildman–Crippen MR) is 64.8 cm³/mol. The lowest BCUT2D eigenvalue weighted by molar-refractivity contribution is 0.584. The Morgan fingerprint density at radius 2 is 2.12 bits per heavy atom. The summed E-state index contributed by atoms with van der Waals surface area (Å²) in [6, 6.07) is 5.51. The molecule has 0 saturated carbocycles. The molecule has 1 heterocycles. The maximum atomic E-state index is 10.9. The fraction of sp³-hybridized carbons (Fsp3) is 0.545. The minimum Gasteiger partial charge on any atom is -0.323 e. The van der Waals surface area contributed by atoms with Gasteiger partial charge in [-0.2, -0.15) is 0 Å². The number of aryl methyl sites for hydroxylation is 1. The van der Waals surface area contributed by atoms with Crippen LogP contribution in [0, 0.1) is 6.92 Å². The summed E-state index contributed by atoms with van der Waals surface area (Å²) in [5.41, 5.74) is 7.69. The van der Waals surface area contributed by atoms with Crippen molar-refractivity contribution < 1.29 is 8.42 Å². The van der Waals surface area contributed by atoms with E-state index in [0.717, 1.165) is 11.4 Å². The molecular formula is C11H18N2O2S. The molecule has 4 nitrogen and oxygen atoms in total. The Hall–Kier alpha value is -0.940. The summed E-state index contributed by atoms with van der Waals surface area (Å²) < 4.78 is 21.9. The van der Waals surface area contributed by atoms with E-state index in [1.165, 1.54) is 6.26 Å². The molecule has 1 aromatic heterocycles. The van der Waals surface area contributed by atoms with Gasteiger partial charge in [0.15, 0.2) is 0 Å². The van der Waals surface area contributed by atoms with Gasteiger partial charge in [0.05, 0.1) is 5.69 Å². The molecule has 0 spiro atoms. The molecule has 0 saturated heterocycles. The number of sulfone groups is 1. The van der Waals surface area contributed by atoms with E-state index in [-0.39, 0.29) is 11.8 Å². The van der Waals surface area contributed by atoms with Gasteiger partial charge in [-0.25, -0.2) is 8.42 Å². The van der Waals surface area contributed by atoms with Gasteiger partial charge in [0.2, 0.25) is 0 Å².